The van der Waals surface area contributed by atoms with Gasteiger partial charge in [-0.25, -0.2) is 15.8 Å². The number of aromatic nitrogens is 2. The third kappa shape index (κ3) is 4.46. The molecule has 0 spiro atoms. The summed E-state index contributed by atoms with van der Waals surface area (Å²) in [5, 5.41) is 3.31. The molecule has 0 aromatic carbocycles. The van der Waals surface area contributed by atoms with Crippen molar-refractivity contribution in [1.82, 2.24) is 14.9 Å². The number of hydrogen-bond donors (Lipinski definition) is 3. The average molecular weight is 252 g/mol. The first kappa shape index (κ1) is 14.7. The second-order valence-electron chi connectivity index (χ2n) is 4.64. The van der Waals surface area contributed by atoms with Crippen LogP contribution in [0.25, 0.3) is 0 Å². The topological polar surface area (TPSA) is 79.1 Å². The van der Waals surface area contributed by atoms with E-state index in [1.165, 1.54) is 0 Å². The van der Waals surface area contributed by atoms with Gasteiger partial charge >= 0.3 is 0 Å². The van der Waals surface area contributed by atoms with Crippen molar-refractivity contribution in [3.05, 3.63) is 11.9 Å². The highest BCUT2D eigenvalue weighted by Crippen LogP contribution is 2.11. The van der Waals surface area contributed by atoms with E-state index < -0.39 is 0 Å². The van der Waals surface area contributed by atoms with Gasteiger partial charge in [0.1, 0.15) is 17.5 Å². The molecule has 6 heteroatoms. The predicted octanol–water partition coefficient (Wildman–Crippen LogP) is 1.08. The van der Waals surface area contributed by atoms with Gasteiger partial charge in [-0.3, -0.25) is 0 Å². The smallest absolute Gasteiger partial charge is 0.145 e. The zero-order valence-corrected chi connectivity index (χ0v) is 11.7. The largest absolute Gasteiger partial charge is 0.368 e. The monoisotopic (exact) mass is 252 g/mol. The van der Waals surface area contributed by atoms with Crippen molar-refractivity contribution in [2.45, 2.75) is 32.7 Å². The lowest BCUT2D eigenvalue weighted by molar-refractivity contribution is 0.326. The number of aryl methyl sites for hydroxylation is 1. The molecule has 0 saturated heterocycles. The van der Waals surface area contributed by atoms with Crippen molar-refractivity contribution < 1.29 is 0 Å². The maximum atomic E-state index is 5.41. The van der Waals surface area contributed by atoms with Gasteiger partial charge in [0.25, 0.3) is 0 Å². The van der Waals surface area contributed by atoms with Crippen LogP contribution in [-0.2, 0) is 6.42 Å². The summed E-state index contributed by atoms with van der Waals surface area (Å²) in [4.78, 5) is 10.9. The summed E-state index contributed by atoms with van der Waals surface area (Å²) in [6.45, 7) is 5.09. The lowest BCUT2D eigenvalue weighted by Gasteiger charge is -2.20. The molecule has 102 valence electrons. The van der Waals surface area contributed by atoms with Gasteiger partial charge in [-0.05, 0) is 27.4 Å². The second kappa shape index (κ2) is 7.13. The average Bonchev–Trinajstić information content (AvgIpc) is 2.35. The molecule has 18 heavy (non-hydrogen) atoms. The lowest BCUT2D eigenvalue weighted by atomic mass is 10.3. The molecule has 1 aromatic rings. The van der Waals surface area contributed by atoms with Gasteiger partial charge in [-0.2, -0.15) is 0 Å². The summed E-state index contributed by atoms with van der Waals surface area (Å²) < 4.78 is 0. The zero-order valence-electron chi connectivity index (χ0n) is 11.7. The van der Waals surface area contributed by atoms with Crippen LogP contribution in [0.2, 0.25) is 0 Å². The molecule has 1 unspecified atom stereocenters. The van der Waals surface area contributed by atoms with E-state index in [-0.39, 0.29) is 0 Å². The Kier molecular flexibility index (Phi) is 5.80. The normalized spacial score (nSPS) is 12.6. The molecule has 1 heterocycles. The minimum Gasteiger partial charge on any atom is -0.368 e. The molecule has 0 saturated carbocycles. The molecule has 1 aromatic heterocycles. The Balaban J connectivity index is 2.71. The van der Waals surface area contributed by atoms with Crippen LogP contribution in [-0.4, -0.2) is 41.5 Å². The van der Waals surface area contributed by atoms with Crippen molar-refractivity contribution in [2.24, 2.45) is 5.84 Å². The van der Waals surface area contributed by atoms with Crippen LogP contribution in [0.1, 0.15) is 26.1 Å². The van der Waals surface area contributed by atoms with Crippen molar-refractivity contribution in [3.63, 3.8) is 0 Å². The number of nitrogens with zero attached hydrogens (tertiary/aromatic N) is 3. The van der Waals surface area contributed by atoms with Gasteiger partial charge in [-0.1, -0.05) is 6.92 Å². The molecule has 0 bridgehead atoms. The molecule has 0 aliphatic rings. The minimum absolute atomic E-state index is 0.434. The molecule has 1 atom stereocenters. The molecule has 0 amide bonds. The maximum Gasteiger partial charge on any atom is 0.145 e. The number of nitrogens with one attached hydrogen (secondary N) is 2. The Labute approximate surface area is 109 Å². The van der Waals surface area contributed by atoms with Gasteiger partial charge in [-0.15, -0.1) is 0 Å². The van der Waals surface area contributed by atoms with Gasteiger partial charge in [0.05, 0.1) is 0 Å². The van der Waals surface area contributed by atoms with Crippen LogP contribution in [0, 0.1) is 0 Å². The Hall–Kier alpha value is -1.40. The molecule has 0 aliphatic carbocycles. The summed E-state index contributed by atoms with van der Waals surface area (Å²) in [5.74, 6) is 7.69. The van der Waals surface area contributed by atoms with Gasteiger partial charge < -0.3 is 15.6 Å². The second-order valence-corrected chi connectivity index (χ2v) is 4.64. The fourth-order valence-electron chi connectivity index (χ4n) is 1.43. The van der Waals surface area contributed by atoms with E-state index in [4.69, 9.17) is 5.84 Å². The minimum atomic E-state index is 0.434. The molecule has 1 rings (SSSR count). The quantitative estimate of drug-likeness (QED) is 0.498. The molecule has 0 radical (unpaired) electrons. The third-order valence-electron chi connectivity index (χ3n) is 2.85. The number of anilines is 2. The van der Waals surface area contributed by atoms with Gasteiger partial charge in [0.15, 0.2) is 0 Å². The van der Waals surface area contributed by atoms with E-state index in [0.717, 1.165) is 31.0 Å². The lowest BCUT2D eigenvalue weighted by Crippen LogP contribution is -2.31. The standard InChI is InChI=1S/C12H24N6/c1-5-6-10-15-11(7-12(16-10)17-13)14-8-9(2)18(3)4/h7,9H,5-6,8,13H2,1-4H3,(H2,14,15,16,17). The summed E-state index contributed by atoms with van der Waals surface area (Å²) in [5.41, 5.74) is 2.58. The van der Waals surface area contributed by atoms with Gasteiger partial charge in [0, 0.05) is 25.1 Å². The van der Waals surface area contributed by atoms with Crippen LogP contribution in [0.3, 0.4) is 0 Å². The highest BCUT2D eigenvalue weighted by Gasteiger charge is 2.07. The van der Waals surface area contributed by atoms with Crippen LogP contribution < -0.4 is 16.6 Å². The summed E-state index contributed by atoms with van der Waals surface area (Å²) in [7, 11) is 4.11. The number of nitrogen functional groups attached to an aromatic ring is 1. The van der Waals surface area contributed by atoms with E-state index in [9.17, 15) is 0 Å². The Morgan fingerprint density at radius 2 is 2.00 bits per heavy atom. The fourth-order valence-corrected chi connectivity index (χ4v) is 1.43. The first-order valence-electron chi connectivity index (χ1n) is 6.31. The molecular weight excluding hydrogens is 228 g/mol. The van der Waals surface area contributed by atoms with Crippen LogP contribution in [0.5, 0.6) is 0 Å². The Morgan fingerprint density at radius 1 is 1.33 bits per heavy atom. The zero-order chi connectivity index (χ0) is 13.5. The molecule has 6 nitrogen and oxygen atoms in total. The van der Waals surface area contributed by atoms with Crippen LogP contribution in [0.4, 0.5) is 11.6 Å². The SMILES string of the molecule is CCCc1nc(NN)cc(NCC(C)N(C)C)n1. The molecule has 0 aliphatic heterocycles. The number of nitrogens with two attached hydrogens (primary N) is 1. The van der Waals surface area contributed by atoms with E-state index in [1.807, 2.05) is 6.07 Å². The summed E-state index contributed by atoms with van der Waals surface area (Å²) in [6, 6.07) is 2.26. The van der Waals surface area contributed by atoms with Crippen molar-refractivity contribution in [1.29, 1.82) is 0 Å². The fraction of sp³-hybridized carbons (Fsp3) is 0.667. The summed E-state index contributed by atoms with van der Waals surface area (Å²) in [6.07, 6.45) is 1.87. The Morgan fingerprint density at radius 3 is 2.56 bits per heavy atom. The molecule has 4 N–H and O–H groups in total. The van der Waals surface area contributed by atoms with Crippen LogP contribution in [0.15, 0.2) is 6.07 Å². The summed E-state index contributed by atoms with van der Waals surface area (Å²) >= 11 is 0. The van der Waals surface area contributed by atoms with Crippen molar-refractivity contribution in [2.75, 3.05) is 31.4 Å². The van der Waals surface area contributed by atoms with Crippen LogP contribution >= 0.6 is 0 Å². The van der Waals surface area contributed by atoms with Crippen molar-refractivity contribution in [3.8, 4) is 0 Å². The maximum absolute atomic E-state index is 5.41. The van der Waals surface area contributed by atoms with E-state index >= 15 is 0 Å². The predicted molar refractivity (Wildman–Crippen MR) is 75.5 cm³/mol. The number of hydrazine groups is 1. The number of rotatable bonds is 7. The highest BCUT2D eigenvalue weighted by atomic mass is 15.3. The number of hydrogen-bond acceptors (Lipinski definition) is 6. The van der Waals surface area contributed by atoms with E-state index in [1.54, 1.807) is 0 Å². The molecular formula is C12H24N6. The Bertz CT molecular complexity index is 366. The third-order valence-corrected chi connectivity index (χ3v) is 2.85. The van der Waals surface area contributed by atoms with Gasteiger partial charge in [0.2, 0.25) is 0 Å². The number of likely N-dealkylation sites (N-methyl/N-ethyl adjacent to an activating group) is 1. The molecule has 0 fully saturated rings. The first-order chi connectivity index (χ1) is 8.56. The van der Waals surface area contributed by atoms with Crippen molar-refractivity contribution >= 4 is 11.6 Å². The van der Waals surface area contributed by atoms with E-state index in [0.29, 0.717) is 11.9 Å². The van der Waals surface area contributed by atoms with E-state index in [2.05, 4.69) is 53.6 Å². The highest BCUT2D eigenvalue weighted by molar-refractivity contribution is 5.46. The first-order valence-corrected chi connectivity index (χ1v) is 6.31.